The Hall–Kier alpha value is -1.61. The summed E-state index contributed by atoms with van der Waals surface area (Å²) in [5.41, 5.74) is 10.3. The van der Waals surface area contributed by atoms with Crippen LogP contribution in [0.3, 0.4) is 0 Å². The predicted octanol–water partition coefficient (Wildman–Crippen LogP) is 2.46. The van der Waals surface area contributed by atoms with Gasteiger partial charge in [0.05, 0.1) is 11.4 Å². The predicted molar refractivity (Wildman–Crippen MR) is 70.2 cm³/mol. The SMILES string of the molecule is CCc1cc(CC)n(-c2ccc(CN)cc2)n1. The smallest absolute Gasteiger partial charge is 0.0649 e. The molecule has 0 bridgehead atoms. The van der Waals surface area contributed by atoms with Gasteiger partial charge in [-0.3, -0.25) is 0 Å². The largest absolute Gasteiger partial charge is 0.326 e. The highest BCUT2D eigenvalue weighted by Crippen LogP contribution is 2.14. The number of hydrogen-bond acceptors (Lipinski definition) is 2. The van der Waals surface area contributed by atoms with Crippen LogP contribution < -0.4 is 5.73 Å². The Balaban J connectivity index is 2.40. The molecule has 0 aliphatic carbocycles. The third-order valence-corrected chi connectivity index (χ3v) is 2.97. The summed E-state index contributed by atoms with van der Waals surface area (Å²) in [5, 5.41) is 4.61. The van der Waals surface area contributed by atoms with Crippen molar-refractivity contribution in [3.8, 4) is 5.69 Å². The van der Waals surface area contributed by atoms with E-state index >= 15 is 0 Å². The van der Waals surface area contributed by atoms with Crippen LogP contribution in [0.2, 0.25) is 0 Å². The summed E-state index contributed by atoms with van der Waals surface area (Å²) in [7, 11) is 0. The van der Waals surface area contributed by atoms with Crippen molar-refractivity contribution in [1.82, 2.24) is 9.78 Å². The van der Waals surface area contributed by atoms with Crippen LogP contribution in [0.15, 0.2) is 30.3 Å². The molecular formula is C14H19N3. The van der Waals surface area contributed by atoms with E-state index in [-0.39, 0.29) is 0 Å². The van der Waals surface area contributed by atoms with Gasteiger partial charge in [0.1, 0.15) is 0 Å². The Kier molecular flexibility index (Phi) is 3.59. The van der Waals surface area contributed by atoms with E-state index in [1.165, 1.54) is 5.69 Å². The lowest BCUT2D eigenvalue weighted by Gasteiger charge is -2.06. The highest BCUT2D eigenvalue weighted by molar-refractivity contribution is 5.36. The van der Waals surface area contributed by atoms with Crippen LogP contribution in [0.1, 0.15) is 30.8 Å². The van der Waals surface area contributed by atoms with Crippen LogP contribution in [-0.4, -0.2) is 9.78 Å². The summed E-state index contributed by atoms with van der Waals surface area (Å²) < 4.78 is 2.03. The molecule has 2 N–H and O–H groups in total. The molecule has 1 aromatic heterocycles. The molecule has 0 aliphatic heterocycles. The van der Waals surface area contributed by atoms with Gasteiger partial charge in [-0.25, -0.2) is 4.68 Å². The Bertz CT molecular complexity index is 483. The first kappa shape index (κ1) is 11.9. The molecule has 0 aliphatic rings. The summed E-state index contributed by atoms with van der Waals surface area (Å²) in [6.45, 7) is 4.87. The number of rotatable bonds is 4. The first-order chi connectivity index (χ1) is 8.28. The second kappa shape index (κ2) is 5.15. The number of benzene rings is 1. The number of aryl methyl sites for hydroxylation is 2. The second-order valence-corrected chi connectivity index (χ2v) is 4.12. The maximum absolute atomic E-state index is 5.60. The molecular weight excluding hydrogens is 210 g/mol. The average Bonchev–Trinajstić information content (AvgIpc) is 2.82. The van der Waals surface area contributed by atoms with Crippen LogP contribution in [0.25, 0.3) is 5.69 Å². The summed E-state index contributed by atoms with van der Waals surface area (Å²) in [6, 6.07) is 10.4. The van der Waals surface area contributed by atoms with E-state index in [1.807, 2.05) is 4.68 Å². The molecule has 0 saturated heterocycles. The quantitative estimate of drug-likeness (QED) is 0.875. The lowest BCUT2D eigenvalue weighted by molar-refractivity contribution is 0.793. The highest BCUT2D eigenvalue weighted by Gasteiger charge is 2.06. The van der Waals surface area contributed by atoms with E-state index in [4.69, 9.17) is 5.73 Å². The zero-order valence-electron chi connectivity index (χ0n) is 10.5. The van der Waals surface area contributed by atoms with E-state index in [2.05, 4.69) is 49.3 Å². The lowest BCUT2D eigenvalue weighted by atomic mass is 10.2. The van der Waals surface area contributed by atoms with E-state index in [0.717, 1.165) is 29.8 Å². The maximum Gasteiger partial charge on any atom is 0.0649 e. The van der Waals surface area contributed by atoms with Crippen LogP contribution in [0.4, 0.5) is 0 Å². The van der Waals surface area contributed by atoms with Gasteiger partial charge in [-0.1, -0.05) is 26.0 Å². The fraction of sp³-hybridized carbons (Fsp3) is 0.357. The van der Waals surface area contributed by atoms with Gasteiger partial charge in [0.25, 0.3) is 0 Å². The number of aromatic nitrogens is 2. The van der Waals surface area contributed by atoms with E-state index in [9.17, 15) is 0 Å². The highest BCUT2D eigenvalue weighted by atomic mass is 15.3. The molecule has 2 rings (SSSR count). The summed E-state index contributed by atoms with van der Waals surface area (Å²) in [4.78, 5) is 0. The molecule has 1 aromatic carbocycles. The Morgan fingerprint density at radius 2 is 1.82 bits per heavy atom. The van der Waals surface area contributed by atoms with Crippen molar-refractivity contribution >= 4 is 0 Å². The first-order valence-corrected chi connectivity index (χ1v) is 6.15. The normalized spacial score (nSPS) is 10.8. The Morgan fingerprint density at radius 1 is 1.12 bits per heavy atom. The van der Waals surface area contributed by atoms with Gasteiger partial charge >= 0.3 is 0 Å². The van der Waals surface area contributed by atoms with Gasteiger partial charge in [0.2, 0.25) is 0 Å². The molecule has 0 fully saturated rings. The Labute approximate surface area is 102 Å². The molecule has 0 amide bonds. The van der Waals surface area contributed by atoms with Crippen LogP contribution in [0, 0.1) is 0 Å². The molecule has 0 spiro atoms. The van der Waals surface area contributed by atoms with Gasteiger partial charge in [0.15, 0.2) is 0 Å². The van der Waals surface area contributed by atoms with Crippen molar-refractivity contribution in [3.05, 3.63) is 47.3 Å². The molecule has 0 saturated carbocycles. The molecule has 2 aromatic rings. The standard InChI is InChI=1S/C14H19N3/c1-3-12-9-13(4-2)17(16-12)14-7-5-11(10-15)6-8-14/h5-9H,3-4,10,15H2,1-2H3. The molecule has 90 valence electrons. The van der Waals surface area contributed by atoms with Gasteiger partial charge in [0, 0.05) is 12.2 Å². The van der Waals surface area contributed by atoms with Crippen molar-refractivity contribution in [2.45, 2.75) is 33.2 Å². The zero-order valence-corrected chi connectivity index (χ0v) is 10.5. The van der Waals surface area contributed by atoms with E-state index < -0.39 is 0 Å². The van der Waals surface area contributed by atoms with Crippen molar-refractivity contribution in [1.29, 1.82) is 0 Å². The van der Waals surface area contributed by atoms with E-state index in [1.54, 1.807) is 0 Å². The third kappa shape index (κ3) is 2.39. The fourth-order valence-corrected chi connectivity index (χ4v) is 1.90. The first-order valence-electron chi connectivity index (χ1n) is 6.15. The number of hydrogen-bond donors (Lipinski definition) is 1. The third-order valence-electron chi connectivity index (χ3n) is 2.97. The van der Waals surface area contributed by atoms with Crippen molar-refractivity contribution in [2.24, 2.45) is 5.73 Å². The van der Waals surface area contributed by atoms with Crippen molar-refractivity contribution in [2.75, 3.05) is 0 Å². The fourth-order valence-electron chi connectivity index (χ4n) is 1.90. The number of nitrogens with zero attached hydrogens (tertiary/aromatic N) is 2. The van der Waals surface area contributed by atoms with Gasteiger partial charge in [-0.15, -0.1) is 0 Å². The second-order valence-electron chi connectivity index (χ2n) is 4.12. The Morgan fingerprint density at radius 3 is 2.35 bits per heavy atom. The number of nitrogens with two attached hydrogens (primary N) is 1. The van der Waals surface area contributed by atoms with E-state index in [0.29, 0.717) is 6.54 Å². The molecule has 0 unspecified atom stereocenters. The topological polar surface area (TPSA) is 43.8 Å². The minimum Gasteiger partial charge on any atom is -0.326 e. The average molecular weight is 229 g/mol. The molecule has 0 radical (unpaired) electrons. The molecule has 3 nitrogen and oxygen atoms in total. The van der Waals surface area contributed by atoms with Crippen LogP contribution in [-0.2, 0) is 19.4 Å². The monoisotopic (exact) mass is 229 g/mol. The molecule has 17 heavy (non-hydrogen) atoms. The van der Waals surface area contributed by atoms with Crippen LogP contribution in [0.5, 0.6) is 0 Å². The van der Waals surface area contributed by atoms with Gasteiger partial charge < -0.3 is 5.73 Å². The summed E-state index contributed by atoms with van der Waals surface area (Å²) in [6.07, 6.45) is 1.96. The molecule has 1 heterocycles. The lowest BCUT2D eigenvalue weighted by Crippen LogP contribution is -2.02. The molecule has 3 heteroatoms. The van der Waals surface area contributed by atoms with Crippen LogP contribution >= 0.6 is 0 Å². The van der Waals surface area contributed by atoms with Crippen molar-refractivity contribution in [3.63, 3.8) is 0 Å². The zero-order chi connectivity index (χ0) is 12.3. The summed E-state index contributed by atoms with van der Waals surface area (Å²) >= 11 is 0. The summed E-state index contributed by atoms with van der Waals surface area (Å²) in [5.74, 6) is 0. The van der Waals surface area contributed by atoms with Gasteiger partial charge in [-0.05, 0) is 36.6 Å². The van der Waals surface area contributed by atoms with Crippen molar-refractivity contribution < 1.29 is 0 Å². The maximum atomic E-state index is 5.60. The van der Waals surface area contributed by atoms with Gasteiger partial charge in [-0.2, -0.15) is 5.10 Å². The molecule has 0 atom stereocenters. The minimum absolute atomic E-state index is 0.584. The minimum atomic E-state index is 0.584.